The first-order valence-electron chi connectivity index (χ1n) is 3.44. The second-order valence-electron chi connectivity index (χ2n) is 2.66. The topological polar surface area (TPSA) is 33.1 Å². The number of aliphatic hydroxyl groups is 1. The Morgan fingerprint density at radius 1 is 1.60 bits per heavy atom. The summed E-state index contributed by atoms with van der Waals surface area (Å²) in [4.78, 5) is 4.15. The Hall–Kier alpha value is -0.410. The van der Waals surface area contributed by atoms with E-state index >= 15 is 0 Å². The molecule has 0 aliphatic heterocycles. The van der Waals surface area contributed by atoms with Gasteiger partial charge in [0.2, 0.25) is 0 Å². The summed E-state index contributed by atoms with van der Waals surface area (Å²) in [5.74, 6) is 0.339. The van der Waals surface area contributed by atoms with E-state index in [1.165, 1.54) is 0 Å². The molecule has 2 rings (SSSR count). The molecule has 1 aliphatic carbocycles. The Balaban J connectivity index is 2.14. The van der Waals surface area contributed by atoms with Gasteiger partial charge < -0.3 is 5.11 Å². The van der Waals surface area contributed by atoms with Gasteiger partial charge in [0, 0.05) is 11.3 Å². The van der Waals surface area contributed by atoms with Gasteiger partial charge in [0.1, 0.15) is 0 Å². The first kappa shape index (κ1) is 6.31. The maximum absolute atomic E-state index is 9.24. The van der Waals surface area contributed by atoms with Gasteiger partial charge in [-0.3, -0.25) is 0 Å². The van der Waals surface area contributed by atoms with Crippen LogP contribution in [-0.2, 0) is 0 Å². The molecule has 0 spiro atoms. The molecular weight excluding hydrogens is 146 g/mol. The number of hydrogen-bond acceptors (Lipinski definition) is 3. The summed E-state index contributed by atoms with van der Waals surface area (Å²) in [6.07, 6.45) is 1.93. The van der Waals surface area contributed by atoms with Gasteiger partial charge in [-0.2, -0.15) is 0 Å². The fourth-order valence-corrected chi connectivity index (χ4v) is 1.85. The summed E-state index contributed by atoms with van der Waals surface area (Å²) in [5.41, 5.74) is 2.89. The van der Waals surface area contributed by atoms with Crippen LogP contribution in [0.1, 0.15) is 24.5 Å². The van der Waals surface area contributed by atoms with Gasteiger partial charge in [-0.25, -0.2) is 4.98 Å². The number of hydrogen-bond donors (Lipinski definition) is 1. The average molecular weight is 155 g/mol. The van der Waals surface area contributed by atoms with Gasteiger partial charge in [-0.1, -0.05) is 0 Å². The normalized spacial score (nSPS) is 31.7. The van der Waals surface area contributed by atoms with E-state index in [-0.39, 0.29) is 6.10 Å². The lowest BCUT2D eigenvalue weighted by atomic mass is 9.80. The summed E-state index contributed by atoms with van der Waals surface area (Å²) in [6, 6.07) is 0. The van der Waals surface area contributed by atoms with Crippen LogP contribution in [0.2, 0.25) is 0 Å². The molecule has 0 amide bonds. The van der Waals surface area contributed by atoms with Crippen molar-refractivity contribution in [2.75, 3.05) is 0 Å². The Bertz CT molecular complexity index is 209. The van der Waals surface area contributed by atoms with E-state index < -0.39 is 0 Å². The summed E-state index contributed by atoms with van der Waals surface area (Å²) in [6.45, 7) is 0. The molecule has 2 atom stereocenters. The molecule has 3 heteroatoms. The highest BCUT2D eigenvalue weighted by Crippen LogP contribution is 2.36. The van der Waals surface area contributed by atoms with E-state index in [0.29, 0.717) is 5.92 Å². The Labute approximate surface area is 63.5 Å². The summed E-state index contributed by atoms with van der Waals surface area (Å²) >= 11 is 1.60. The van der Waals surface area contributed by atoms with Gasteiger partial charge in [-0.05, 0) is 12.8 Å². The summed E-state index contributed by atoms with van der Waals surface area (Å²) in [7, 11) is 0. The third kappa shape index (κ3) is 0.859. The maximum Gasteiger partial charge on any atom is 0.0794 e. The van der Waals surface area contributed by atoms with E-state index in [1.54, 1.807) is 11.3 Å². The largest absolute Gasteiger partial charge is 0.392 e. The monoisotopic (exact) mass is 155 g/mol. The Morgan fingerprint density at radius 3 is 2.90 bits per heavy atom. The molecule has 2 unspecified atom stereocenters. The molecule has 0 saturated heterocycles. The molecular formula is C7H9NOS. The van der Waals surface area contributed by atoms with Crippen LogP contribution in [0.25, 0.3) is 0 Å². The van der Waals surface area contributed by atoms with Crippen LogP contribution in [0.15, 0.2) is 10.9 Å². The van der Waals surface area contributed by atoms with Gasteiger partial charge in [0.05, 0.1) is 17.3 Å². The molecule has 1 aromatic rings. The molecule has 0 bridgehead atoms. The van der Waals surface area contributed by atoms with Crippen molar-refractivity contribution in [1.29, 1.82) is 0 Å². The lowest BCUT2D eigenvalue weighted by molar-refractivity contribution is 0.0645. The quantitative estimate of drug-likeness (QED) is 0.664. The van der Waals surface area contributed by atoms with Gasteiger partial charge >= 0.3 is 0 Å². The van der Waals surface area contributed by atoms with E-state index in [4.69, 9.17) is 0 Å². The second kappa shape index (κ2) is 2.32. The van der Waals surface area contributed by atoms with Crippen molar-refractivity contribution in [3.8, 4) is 0 Å². The maximum atomic E-state index is 9.24. The average Bonchev–Trinajstić information content (AvgIpc) is 2.37. The minimum atomic E-state index is -0.123. The molecule has 1 N–H and O–H groups in total. The SMILES string of the molecule is OC1CCC1c1cscn1. The Kier molecular flexibility index (Phi) is 1.47. The van der Waals surface area contributed by atoms with Crippen LogP contribution in [0, 0.1) is 0 Å². The first-order chi connectivity index (χ1) is 4.88. The highest BCUT2D eigenvalue weighted by molar-refractivity contribution is 7.07. The molecule has 10 heavy (non-hydrogen) atoms. The van der Waals surface area contributed by atoms with Crippen molar-refractivity contribution in [3.05, 3.63) is 16.6 Å². The van der Waals surface area contributed by atoms with Crippen LogP contribution < -0.4 is 0 Å². The summed E-state index contributed by atoms with van der Waals surface area (Å²) < 4.78 is 0. The zero-order chi connectivity index (χ0) is 6.97. The second-order valence-corrected chi connectivity index (χ2v) is 3.38. The highest BCUT2D eigenvalue weighted by Gasteiger charge is 2.31. The van der Waals surface area contributed by atoms with Crippen LogP contribution in [-0.4, -0.2) is 16.2 Å². The highest BCUT2D eigenvalue weighted by atomic mass is 32.1. The number of nitrogens with zero attached hydrogens (tertiary/aromatic N) is 1. The molecule has 2 nitrogen and oxygen atoms in total. The first-order valence-corrected chi connectivity index (χ1v) is 4.38. The molecule has 0 aromatic carbocycles. The van der Waals surface area contributed by atoms with Crippen LogP contribution in [0.4, 0.5) is 0 Å². The van der Waals surface area contributed by atoms with Crippen molar-refractivity contribution >= 4 is 11.3 Å². The lowest BCUT2D eigenvalue weighted by Gasteiger charge is -2.30. The number of aromatic nitrogens is 1. The third-order valence-electron chi connectivity index (χ3n) is 2.07. The van der Waals surface area contributed by atoms with Crippen LogP contribution >= 0.6 is 11.3 Å². The molecule has 1 heterocycles. The van der Waals surface area contributed by atoms with E-state index in [0.717, 1.165) is 18.5 Å². The molecule has 1 aliphatic rings. The van der Waals surface area contributed by atoms with Crippen molar-refractivity contribution in [2.45, 2.75) is 24.9 Å². The Morgan fingerprint density at radius 2 is 2.50 bits per heavy atom. The van der Waals surface area contributed by atoms with E-state index in [1.807, 2.05) is 10.9 Å². The molecule has 1 saturated carbocycles. The van der Waals surface area contributed by atoms with Gasteiger partial charge in [0.15, 0.2) is 0 Å². The van der Waals surface area contributed by atoms with Crippen molar-refractivity contribution in [2.24, 2.45) is 0 Å². The number of rotatable bonds is 1. The predicted molar refractivity (Wildman–Crippen MR) is 40.1 cm³/mol. The molecule has 54 valence electrons. The number of thiazole rings is 1. The van der Waals surface area contributed by atoms with E-state index in [2.05, 4.69) is 4.98 Å². The van der Waals surface area contributed by atoms with Crippen molar-refractivity contribution in [1.82, 2.24) is 4.98 Å². The zero-order valence-corrected chi connectivity index (χ0v) is 6.34. The number of aliphatic hydroxyl groups excluding tert-OH is 1. The predicted octanol–water partition coefficient (Wildman–Crippen LogP) is 1.38. The molecule has 0 radical (unpaired) electrons. The smallest absolute Gasteiger partial charge is 0.0794 e. The van der Waals surface area contributed by atoms with E-state index in [9.17, 15) is 5.11 Å². The van der Waals surface area contributed by atoms with Gasteiger partial charge in [0.25, 0.3) is 0 Å². The fourth-order valence-electron chi connectivity index (χ4n) is 1.23. The van der Waals surface area contributed by atoms with Crippen molar-refractivity contribution < 1.29 is 5.11 Å². The third-order valence-corrected chi connectivity index (χ3v) is 2.67. The van der Waals surface area contributed by atoms with Gasteiger partial charge in [-0.15, -0.1) is 11.3 Å². The molecule has 1 fully saturated rings. The zero-order valence-electron chi connectivity index (χ0n) is 5.53. The molecule has 1 aromatic heterocycles. The summed E-state index contributed by atoms with van der Waals surface area (Å²) in [5, 5.41) is 11.3. The van der Waals surface area contributed by atoms with Crippen LogP contribution in [0.3, 0.4) is 0 Å². The van der Waals surface area contributed by atoms with Crippen LogP contribution in [0.5, 0.6) is 0 Å². The standard InChI is InChI=1S/C7H9NOS/c9-7-2-1-5(7)6-3-10-4-8-6/h3-5,7,9H,1-2H2. The van der Waals surface area contributed by atoms with Crippen molar-refractivity contribution in [3.63, 3.8) is 0 Å². The minimum absolute atomic E-state index is 0.123. The fraction of sp³-hybridized carbons (Fsp3) is 0.571. The minimum Gasteiger partial charge on any atom is -0.392 e. The lowest BCUT2D eigenvalue weighted by Crippen LogP contribution is -2.28.